The Hall–Kier alpha value is -4.37. The lowest BCUT2D eigenvalue weighted by atomic mass is 9.96. The molecule has 19 nitrogen and oxygen atoms in total. The number of H-pyrrole nitrogens is 1. The van der Waals surface area contributed by atoms with Crippen LogP contribution in [0.3, 0.4) is 0 Å². The van der Waals surface area contributed by atoms with Crippen LogP contribution in [0, 0.1) is 0 Å². The number of carbonyl (C=O) groups excluding carboxylic acids is 2. The van der Waals surface area contributed by atoms with Gasteiger partial charge in [-0.05, 0) is 12.1 Å². The van der Waals surface area contributed by atoms with Crippen LogP contribution in [-0.4, -0.2) is 122 Å². The van der Waals surface area contributed by atoms with Gasteiger partial charge in [0, 0.05) is 37.5 Å². The summed E-state index contributed by atoms with van der Waals surface area (Å²) in [6, 6.07) is 4.52. The minimum Gasteiger partial charge on any atom is -0.394 e. The van der Waals surface area contributed by atoms with Crippen LogP contribution < -0.4 is 21.9 Å². The van der Waals surface area contributed by atoms with Crippen molar-refractivity contribution in [1.29, 1.82) is 0 Å². The maximum atomic E-state index is 13.1. The van der Waals surface area contributed by atoms with E-state index in [0.717, 1.165) is 16.8 Å². The summed E-state index contributed by atoms with van der Waals surface area (Å²) in [5.74, 6) is -1.26. The number of aromatic amines is 1. The van der Waals surface area contributed by atoms with Crippen LogP contribution in [0.5, 0.6) is 0 Å². The molecule has 2 aliphatic rings. The maximum absolute atomic E-state index is 13.1. The van der Waals surface area contributed by atoms with Gasteiger partial charge in [-0.1, -0.05) is 11.3 Å². The van der Waals surface area contributed by atoms with E-state index in [4.69, 9.17) is 9.47 Å². The number of aromatic nitrogens is 6. The zero-order valence-corrected chi connectivity index (χ0v) is 23.7. The van der Waals surface area contributed by atoms with E-state index in [1.807, 2.05) is 0 Å². The van der Waals surface area contributed by atoms with Crippen LogP contribution in [0.1, 0.15) is 35.0 Å². The highest BCUT2D eigenvalue weighted by Crippen LogP contribution is 2.29. The van der Waals surface area contributed by atoms with Crippen LogP contribution in [0.4, 0.5) is 0 Å². The number of nitrogens with one attached hydrogen (secondary N) is 3. The molecule has 5 rings (SSSR count). The van der Waals surface area contributed by atoms with Gasteiger partial charge in [0.05, 0.1) is 18.8 Å². The summed E-state index contributed by atoms with van der Waals surface area (Å²) in [5.41, 5.74) is -0.610. The molecular weight excluding hydrogens is 600 g/mol. The Balaban J connectivity index is 1.23. The zero-order valence-electron chi connectivity index (χ0n) is 23.7. The van der Waals surface area contributed by atoms with Crippen LogP contribution >= 0.6 is 0 Å². The van der Waals surface area contributed by atoms with Crippen molar-refractivity contribution in [2.75, 3.05) is 6.61 Å². The first-order chi connectivity index (χ1) is 21.4. The average Bonchev–Trinajstić information content (AvgIpc) is 3.55. The van der Waals surface area contributed by atoms with E-state index in [-0.39, 0.29) is 18.7 Å². The summed E-state index contributed by atoms with van der Waals surface area (Å²) in [7, 11) is 0. The van der Waals surface area contributed by atoms with Gasteiger partial charge in [0.1, 0.15) is 48.4 Å². The van der Waals surface area contributed by atoms with E-state index in [1.165, 1.54) is 17.7 Å². The van der Waals surface area contributed by atoms with E-state index >= 15 is 0 Å². The minimum absolute atomic E-state index is 0.0359. The fraction of sp³-hybridized carbons (Fsp3) is 0.500. The molecule has 3 aromatic rings. The molecule has 0 saturated carbocycles. The molecule has 0 bridgehead atoms. The number of hydrogen-bond acceptors (Lipinski definition) is 14. The highest BCUT2D eigenvalue weighted by Gasteiger charge is 2.46. The summed E-state index contributed by atoms with van der Waals surface area (Å²) < 4.78 is 13.6. The first kappa shape index (κ1) is 32.0. The Kier molecular flexibility index (Phi) is 9.48. The molecule has 19 heteroatoms. The number of amides is 2. The standard InChI is InChI=1S/C26H32N8O11/c1-11(36)27-18-21(40)20(39)16(10-35)44-24(18)30-23(42)14-4-2-3-12(28-14)7-13-8-33(32-31-13)9-15-19(38)22(41)25(45-15)34-6-5-17(37)29-26(34)43/h2-6,8,15-16,18-22,24-25,35,38-41H,7,9-10H2,1H3,(H,27,36)(H,30,42)(H,29,37,43)/t15-,16-,18-,19-,20-,21-,22-,24-,25-/m1/s1. The number of ether oxygens (including phenoxy) is 2. The van der Waals surface area contributed by atoms with Gasteiger partial charge in [-0.3, -0.25) is 23.9 Å². The van der Waals surface area contributed by atoms with E-state index < -0.39 is 84.8 Å². The zero-order chi connectivity index (χ0) is 32.4. The van der Waals surface area contributed by atoms with E-state index in [1.54, 1.807) is 18.3 Å². The highest BCUT2D eigenvalue weighted by atomic mass is 16.6. The molecule has 9 atom stereocenters. The van der Waals surface area contributed by atoms with Crippen molar-refractivity contribution in [3.05, 3.63) is 74.6 Å². The number of aliphatic hydroxyl groups excluding tert-OH is 5. The summed E-state index contributed by atoms with van der Waals surface area (Å²) in [4.78, 5) is 54.6. The van der Waals surface area contributed by atoms with Gasteiger partial charge in [0.15, 0.2) is 12.5 Å². The number of carbonyl (C=O) groups is 2. The van der Waals surface area contributed by atoms with Crippen molar-refractivity contribution in [3.8, 4) is 0 Å². The number of hydrogen-bond donors (Lipinski definition) is 8. The summed E-state index contributed by atoms with van der Waals surface area (Å²) >= 11 is 0. The quantitative estimate of drug-likeness (QED) is 0.110. The van der Waals surface area contributed by atoms with Crippen molar-refractivity contribution in [1.82, 2.24) is 40.2 Å². The lowest BCUT2D eigenvalue weighted by molar-refractivity contribution is -0.199. The fourth-order valence-electron chi connectivity index (χ4n) is 5.16. The third kappa shape index (κ3) is 6.99. The van der Waals surface area contributed by atoms with Gasteiger partial charge in [-0.2, -0.15) is 0 Å². The summed E-state index contributed by atoms with van der Waals surface area (Å²) in [5, 5.41) is 64.1. The van der Waals surface area contributed by atoms with Crippen LogP contribution in [0.15, 0.2) is 46.2 Å². The normalized spacial score (nSPS) is 29.8. The molecule has 0 radical (unpaired) electrons. The third-order valence-corrected chi connectivity index (χ3v) is 7.39. The Morgan fingerprint density at radius 2 is 1.73 bits per heavy atom. The number of nitrogens with zero attached hydrogens (tertiary/aromatic N) is 5. The molecule has 0 aromatic carbocycles. The molecule has 2 fully saturated rings. The van der Waals surface area contributed by atoms with Crippen molar-refractivity contribution in [2.45, 2.75) is 75.0 Å². The summed E-state index contributed by atoms with van der Waals surface area (Å²) in [6.07, 6.45) is -7.78. The number of pyridine rings is 1. The van der Waals surface area contributed by atoms with Gasteiger partial charge in [0.2, 0.25) is 5.91 Å². The van der Waals surface area contributed by atoms with E-state index in [9.17, 15) is 44.7 Å². The second-order valence-electron chi connectivity index (χ2n) is 10.6. The molecule has 2 amide bonds. The molecule has 242 valence electrons. The number of rotatable bonds is 9. The second kappa shape index (κ2) is 13.3. The topological polar surface area (TPSA) is 276 Å². The molecule has 2 aliphatic heterocycles. The Morgan fingerprint density at radius 1 is 0.978 bits per heavy atom. The van der Waals surface area contributed by atoms with Gasteiger partial charge in [-0.25, -0.2) is 14.5 Å². The highest BCUT2D eigenvalue weighted by molar-refractivity contribution is 5.92. The van der Waals surface area contributed by atoms with Crippen molar-refractivity contribution in [3.63, 3.8) is 0 Å². The molecule has 2 saturated heterocycles. The van der Waals surface area contributed by atoms with Gasteiger partial charge in [0.25, 0.3) is 11.5 Å². The molecule has 0 unspecified atom stereocenters. The first-order valence-electron chi connectivity index (χ1n) is 13.8. The van der Waals surface area contributed by atoms with Crippen molar-refractivity contribution < 1.29 is 44.6 Å². The molecule has 45 heavy (non-hydrogen) atoms. The predicted octanol–water partition coefficient (Wildman–Crippen LogP) is -4.89. The third-order valence-electron chi connectivity index (χ3n) is 7.39. The molecular formula is C26H32N8O11. The first-order valence-corrected chi connectivity index (χ1v) is 13.8. The average molecular weight is 633 g/mol. The molecule has 5 heterocycles. The lowest BCUT2D eigenvalue weighted by Gasteiger charge is -2.42. The van der Waals surface area contributed by atoms with Gasteiger partial charge in [-0.15, -0.1) is 5.10 Å². The van der Waals surface area contributed by atoms with Crippen LogP contribution in [0.2, 0.25) is 0 Å². The molecule has 0 aliphatic carbocycles. The smallest absolute Gasteiger partial charge is 0.330 e. The summed E-state index contributed by atoms with van der Waals surface area (Å²) in [6.45, 7) is 0.507. The van der Waals surface area contributed by atoms with Crippen LogP contribution in [-0.2, 0) is 27.2 Å². The molecule has 3 aromatic heterocycles. The Bertz CT molecular complexity index is 1640. The largest absolute Gasteiger partial charge is 0.394 e. The lowest BCUT2D eigenvalue weighted by Crippen LogP contribution is -2.68. The van der Waals surface area contributed by atoms with Crippen molar-refractivity contribution in [2.24, 2.45) is 0 Å². The van der Waals surface area contributed by atoms with E-state index in [0.29, 0.717) is 11.4 Å². The number of aliphatic hydroxyl groups is 5. The maximum Gasteiger partial charge on any atom is 0.330 e. The SMILES string of the molecule is CC(=O)N[C@@H]1[C@@H](O)[C@H](O)[C@@H](CO)O[C@H]1NC(=O)c1cccc(Cc2cn(C[C@H]3O[C@@H](n4ccc(=O)[nH]c4=O)[C@H](O)[C@@H]3O)nn2)n1. The fourth-order valence-corrected chi connectivity index (χ4v) is 5.16. The van der Waals surface area contributed by atoms with Gasteiger partial charge < -0.3 is 45.6 Å². The van der Waals surface area contributed by atoms with Crippen molar-refractivity contribution >= 4 is 11.8 Å². The monoisotopic (exact) mass is 632 g/mol. The predicted molar refractivity (Wildman–Crippen MR) is 147 cm³/mol. The second-order valence-corrected chi connectivity index (χ2v) is 10.6. The Labute approximate surface area is 253 Å². The minimum atomic E-state index is -1.54. The van der Waals surface area contributed by atoms with Gasteiger partial charge >= 0.3 is 5.69 Å². The molecule has 0 spiro atoms. The van der Waals surface area contributed by atoms with Crippen LogP contribution in [0.25, 0.3) is 0 Å². The Morgan fingerprint density at radius 3 is 2.44 bits per heavy atom. The van der Waals surface area contributed by atoms with E-state index in [2.05, 4.69) is 30.9 Å². The molecule has 8 N–H and O–H groups in total.